The fraction of sp³-hybridized carbons (Fsp3) is 0.703. The van der Waals surface area contributed by atoms with E-state index < -0.39 is 42.0 Å². The van der Waals surface area contributed by atoms with E-state index in [9.17, 15) is 24.6 Å². The van der Waals surface area contributed by atoms with E-state index in [2.05, 4.69) is 21.5 Å². The Kier molecular flexibility index (Phi) is 17.1. The van der Waals surface area contributed by atoms with Crippen LogP contribution < -0.4 is 10.6 Å². The van der Waals surface area contributed by atoms with Gasteiger partial charge in [-0.2, -0.15) is 11.8 Å². The molecule has 1 saturated carbocycles. The predicted octanol–water partition coefficient (Wildman–Crippen LogP) is 3.47. The summed E-state index contributed by atoms with van der Waals surface area (Å²) >= 11 is 1.95. The first-order chi connectivity index (χ1) is 22.6. The third-order valence-electron chi connectivity index (χ3n) is 9.51. The predicted molar refractivity (Wildman–Crippen MR) is 190 cm³/mol. The van der Waals surface area contributed by atoms with Gasteiger partial charge in [-0.3, -0.25) is 19.3 Å². The standard InChI is InChI=1S/C37H58N4O5S/c1-5-12-31(37(46)39-32(25-29-15-10-7-11-16-29)35(44)33(42)23-27(2)3)38-36(45)30(24-28-13-8-6-9-14-28)26-34(43)40(4)17-18-41-19-21-47-22-20-41/h1,6,8-9,13-14,27,29-33,35,42,44H,7,10-12,15-26H2,2-4H3,(H,38,45)(H,39,46)/t30-,31?,32?,33+,35?/m1/s1. The molecule has 1 aliphatic carbocycles. The van der Waals surface area contributed by atoms with Gasteiger partial charge in [0, 0.05) is 57.6 Å². The summed E-state index contributed by atoms with van der Waals surface area (Å²) in [5.74, 6) is 3.49. The third-order valence-corrected chi connectivity index (χ3v) is 10.5. The van der Waals surface area contributed by atoms with Crippen molar-refractivity contribution >= 4 is 29.5 Å². The molecule has 2 fully saturated rings. The Hall–Kier alpha value is -2.58. The van der Waals surface area contributed by atoms with Crippen LogP contribution in [0.3, 0.4) is 0 Å². The molecule has 10 heteroatoms. The minimum atomic E-state index is -1.15. The van der Waals surface area contributed by atoms with Crippen molar-refractivity contribution in [3.8, 4) is 12.3 Å². The Morgan fingerprint density at radius 1 is 1.04 bits per heavy atom. The topological polar surface area (TPSA) is 122 Å². The number of aliphatic hydroxyl groups is 2. The number of likely N-dealkylation sites (N-methyl/N-ethyl adjacent to an activating group) is 1. The third kappa shape index (κ3) is 13.8. The van der Waals surface area contributed by atoms with E-state index in [1.807, 2.05) is 55.9 Å². The van der Waals surface area contributed by atoms with Gasteiger partial charge in [0.15, 0.2) is 0 Å². The summed E-state index contributed by atoms with van der Waals surface area (Å²) in [4.78, 5) is 45.0. The molecular formula is C37H58N4O5S. The van der Waals surface area contributed by atoms with Crippen LogP contribution in [0.2, 0.25) is 0 Å². The maximum atomic E-state index is 13.8. The molecule has 1 saturated heterocycles. The highest BCUT2D eigenvalue weighted by Crippen LogP contribution is 2.29. The zero-order valence-corrected chi connectivity index (χ0v) is 29.6. The molecule has 5 atom stereocenters. The van der Waals surface area contributed by atoms with Crippen LogP contribution in [0.25, 0.3) is 0 Å². The Bertz CT molecular complexity index is 1130. The van der Waals surface area contributed by atoms with Gasteiger partial charge in [0.05, 0.1) is 18.1 Å². The Balaban J connectivity index is 1.71. The first-order valence-corrected chi connectivity index (χ1v) is 18.7. The van der Waals surface area contributed by atoms with Gasteiger partial charge in [-0.1, -0.05) is 76.3 Å². The van der Waals surface area contributed by atoms with Crippen molar-refractivity contribution in [3.63, 3.8) is 0 Å². The molecule has 0 radical (unpaired) electrons. The van der Waals surface area contributed by atoms with Gasteiger partial charge >= 0.3 is 0 Å². The number of nitrogens with zero attached hydrogens (tertiary/aromatic N) is 2. The lowest BCUT2D eigenvalue weighted by Crippen LogP contribution is -2.56. The molecule has 3 rings (SSSR count). The molecule has 1 aliphatic heterocycles. The lowest BCUT2D eigenvalue weighted by molar-refractivity contribution is -0.137. The summed E-state index contributed by atoms with van der Waals surface area (Å²) in [6, 6.07) is 7.83. The van der Waals surface area contributed by atoms with E-state index in [1.54, 1.807) is 11.9 Å². The summed E-state index contributed by atoms with van der Waals surface area (Å²) in [5, 5.41) is 27.8. The van der Waals surface area contributed by atoms with Crippen molar-refractivity contribution in [2.75, 3.05) is 44.7 Å². The maximum Gasteiger partial charge on any atom is 0.243 e. The van der Waals surface area contributed by atoms with Crippen LogP contribution in [0, 0.1) is 30.1 Å². The Labute approximate surface area is 287 Å². The van der Waals surface area contributed by atoms with Crippen molar-refractivity contribution in [1.82, 2.24) is 20.4 Å². The van der Waals surface area contributed by atoms with E-state index in [0.29, 0.717) is 31.7 Å². The van der Waals surface area contributed by atoms with E-state index >= 15 is 0 Å². The highest BCUT2D eigenvalue weighted by molar-refractivity contribution is 7.99. The highest BCUT2D eigenvalue weighted by Gasteiger charge is 2.34. The number of carbonyl (C=O) groups excluding carboxylic acids is 3. The zero-order valence-electron chi connectivity index (χ0n) is 28.7. The summed E-state index contributed by atoms with van der Waals surface area (Å²) in [7, 11) is 1.78. The van der Waals surface area contributed by atoms with Gasteiger partial charge in [0.25, 0.3) is 0 Å². The number of hydrogen-bond donors (Lipinski definition) is 4. The van der Waals surface area contributed by atoms with Crippen molar-refractivity contribution < 1.29 is 24.6 Å². The summed E-state index contributed by atoms with van der Waals surface area (Å²) in [6.45, 7) is 7.36. The number of terminal acetylenes is 1. The molecule has 0 bridgehead atoms. The molecule has 9 nitrogen and oxygen atoms in total. The largest absolute Gasteiger partial charge is 0.390 e. The number of aliphatic hydroxyl groups excluding tert-OH is 2. The number of amides is 3. The van der Waals surface area contributed by atoms with E-state index in [0.717, 1.165) is 62.4 Å². The van der Waals surface area contributed by atoms with E-state index in [1.165, 1.54) is 6.42 Å². The maximum absolute atomic E-state index is 13.8. The first-order valence-electron chi connectivity index (χ1n) is 17.6. The SMILES string of the molecule is C#CCC(NC(=O)[C@@H](CC(=O)N(C)CCN1CCSCC1)Cc1ccccc1)C(=O)NC(CC1CCCCC1)C(O)[C@@H](O)CC(C)C. The Morgan fingerprint density at radius 2 is 1.72 bits per heavy atom. The van der Waals surface area contributed by atoms with Crippen LogP contribution in [0.15, 0.2) is 30.3 Å². The smallest absolute Gasteiger partial charge is 0.243 e. The van der Waals surface area contributed by atoms with Crippen molar-refractivity contribution in [2.24, 2.45) is 17.8 Å². The van der Waals surface area contributed by atoms with Crippen LogP contribution >= 0.6 is 11.8 Å². The van der Waals surface area contributed by atoms with Crippen LogP contribution in [0.5, 0.6) is 0 Å². The van der Waals surface area contributed by atoms with Crippen LogP contribution in [0.4, 0.5) is 0 Å². The van der Waals surface area contributed by atoms with Gasteiger partial charge in [0.2, 0.25) is 17.7 Å². The molecule has 262 valence electrons. The lowest BCUT2D eigenvalue weighted by atomic mass is 9.82. The number of nitrogens with one attached hydrogen (secondary N) is 2. The molecule has 1 aromatic carbocycles. The van der Waals surface area contributed by atoms with Crippen molar-refractivity contribution in [2.45, 2.75) is 102 Å². The lowest BCUT2D eigenvalue weighted by Gasteiger charge is -2.33. The molecule has 0 aromatic heterocycles. The summed E-state index contributed by atoms with van der Waals surface area (Å²) in [6.07, 6.45) is 10.2. The van der Waals surface area contributed by atoms with Gasteiger partial charge in [-0.05, 0) is 36.7 Å². The zero-order chi connectivity index (χ0) is 34.2. The van der Waals surface area contributed by atoms with Crippen molar-refractivity contribution in [3.05, 3.63) is 35.9 Å². The number of thioether (sulfide) groups is 1. The van der Waals surface area contributed by atoms with Gasteiger partial charge in [0.1, 0.15) is 12.1 Å². The second-order valence-corrected chi connectivity index (χ2v) is 15.1. The molecule has 0 spiro atoms. The van der Waals surface area contributed by atoms with Gasteiger partial charge in [-0.15, -0.1) is 12.3 Å². The number of carbonyl (C=O) groups is 3. The molecule has 47 heavy (non-hydrogen) atoms. The van der Waals surface area contributed by atoms with Crippen molar-refractivity contribution in [1.29, 1.82) is 0 Å². The minimum Gasteiger partial charge on any atom is -0.390 e. The average molecular weight is 671 g/mol. The number of benzene rings is 1. The second-order valence-electron chi connectivity index (χ2n) is 13.9. The fourth-order valence-corrected chi connectivity index (χ4v) is 7.60. The molecule has 3 unspecified atom stereocenters. The first kappa shape index (κ1) is 38.9. The van der Waals surface area contributed by atoms with Crippen LogP contribution in [0.1, 0.15) is 77.2 Å². The molecule has 1 aromatic rings. The van der Waals surface area contributed by atoms with Crippen LogP contribution in [-0.4, -0.2) is 107 Å². The second kappa shape index (κ2) is 20.7. The molecular weight excluding hydrogens is 612 g/mol. The summed E-state index contributed by atoms with van der Waals surface area (Å²) in [5.41, 5.74) is 0.918. The van der Waals surface area contributed by atoms with Gasteiger partial charge in [-0.25, -0.2) is 0 Å². The number of rotatable bonds is 18. The fourth-order valence-electron chi connectivity index (χ4n) is 6.62. The molecule has 3 amide bonds. The molecule has 2 aliphatic rings. The normalized spacial score (nSPS) is 19.2. The molecule has 4 N–H and O–H groups in total. The van der Waals surface area contributed by atoms with E-state index in [4.69, 9.17) is 6.42 Å². The number of hydrogen-bond acceptors (Lipinski definition) is 7. The molecule has 1 heterocycles. The quantitative estimate of drug-likeness (QED) is 0.177. The van der Waals surface area contributed by atoms with E-state index in [-0.39, 0.29) is 24.7 Å². The van der Waals surface area contributed by atoms with Gasteiger partial charge < -0.3 is 25.7 Å². The monoisotopic (exact) mass is 670 g/mol. The minimum absolute atomic E-state index is 0.00187. The Morgan fingerprint density at radius 3 is 2.36 bits per heavy atom. The average Bonchev–Trinajstić information content (AvgIpc) is 3.07. The summed E-state index contributed by atoms with van der Waals surface area (Å²) < 4.78 is 0. The highest BCUT2D eigenvalue weighted by atomic mass is 32.2. The van der Waals surface area contributed by atoms with Crippen LogP contribution in [-0.2, 0) is 20.8 Å².